The number of hydrogen-bond donors (Lipinski definition) is 3. The summed E-state index contributed by atoms with van der Waals surface area (Å²) in [6.07, 6.45) is 3.33. The van der Waals surface area contributed by atoms with Gasteiger partial charge in [0.25, 0.3) is 0 Å². The minimum Gasteiger partial charge on any atom is -0.455 e. The van der Waals surface area contributed by atoms with Crippen molar-refractivity contribution >= 4 is 23.6 Å². The molecule has 0 bridgehead atoms. The van der Waals surface area contributed by atoms with Crippen LogP contribution in [0.15, 0.2) is 78.9 Å². The van der Waals surface area contributed by atoms with Crippen molar-refractivity contribution in [2.24, 2.45) is 0 Å². The first kappa shape index (κ1) is 24.1. The van der Waals surface area contributed by atoms with Gasteiger partial charge in [-0.05, 0) is 74.0 Å². The van der Waals surface area contributed by atoms with Gasteiger partial charge in [0.2, 0.25) is 11.8 Å². The fourth-order valence-electron chi connectivity index (χ4n) is 3.84. The highest BCUT2D eigenvalue weighted by atomic mass is 19.2. The number of amides is 2. The number of ether oxygens (including phenoxy) is 1. The van der Waals surface area contributed by atoms with Crippen molar-refractivity contribution in [3.8, 4) is 11.5 Å². The van der Waals surface area contributed by atoms with Crippen LogP contribution in [0.4, 0.5) is 14.5 Å². The van der Waals surface area contributed by atoms with Crippen LogP contribution >= 0.6 is 0 Å². The molecule has 0 aromatic heterocycles. The summed E-state index contributed by atoms with van der Waals surface area (Å²) in [5.41, 5.74) is -0.346. The minimum absolute atomic E-state index is 0.329. The van der Waals surface area contributed by atoms with Crippen molar-refractivity contribution in [1.29, 1.82) is 0 Å². The number of halogens is 2. The molecule has 0 atom stereocenters. The minimum atomic E-state index is -1.15. The van der Waals surface area contributed by atoms with Gasteiger partial charge in [0, 0.05) is 6.08 Å². The predicted molar refractivity (Wildman–Crippen MR) is 130 cm³/mol. The molecule has 2 amide bonds. The molecule has 0 unspecified atom stereocenters. The summed E-state index contributed by atoms with van der Waals surface area (Å²) in [6.45, 7) is 1.09. The van der Waals surface area contributed by atoms with Crippen molar-refractivity contribution in [3.05, 3.63) is 96.1 Å². The third kappa shape index (κ3) is 6.10. The lowest BCUT2D eigenvalue weighted by atomic mass is 9.87. The van der Waals surface area contributed by atoms with Crippen LogP contribution in [-0.4, -0.2) is 30.4 Å². The number of anilines is 1. The van der Waals surface area contributed by atoms with Gasteiger partial charge < -0.3 is 20.7 Å². The van der Waals surface area contributed by atoms with Crippen LogP contribution in [0, 0.1) is 11.6 Å². The Hall–Kier alpha value is -4.04. The first-order valence-electron chi connectivity index (χ1n) is 11.2. The maximum absolute atomic E-state index is 13.5. The highest BCUT2D eigenvalue weighted by molar-refractivity contribution is 6.03. The van der Waals surface area contributed by atoms with Crippen LogP contribution in [0.25, 0.3) is 6.08 Å². The van der Waals surface area contributed by atoms with Crippen LogP contribution in [-0.2, 0) is 9.59 Å². The number of hydrogen-bond acceptors (Lipinski definition) is 4. The lowest BCUT2D eigenvalue weighted by Crippen LogP contribution is -2.61. The first-order chi connectivity index (χ1) is 16.9. The van der Waals surface area contributed by atoms with Crippen LogP contribution < -0.4 is 20.7 Å². The molecule has 1 aliphatic heterocycles. The number of carbonyl (C=O) groups excluding carboxylic acids is 2. The van der Waals surface area contributed by atoms with E-state index in [1.165, 1.54) is 18.2 Å². The number of benzene rings is 3. The number of rotatable bonds is 7. The van der Waals surface area contributed by atoms with Crippen molar-refractivity contribution in [2.45, 2.75) is 18.4 Å². The topological polar surface area (TPSA) is 79.5 Å². The van der Waals surface area contributed by atoms with Crippen LogP contribution in [0.5, 0.6) is 11.5 Å². The molecule has 6 nitrogen and oxygen atoms in total. The Morgan fingerprint density at radius 2 is 1.63 bits per heavy atom. The van der Waals surface area contributed by atoms with E-state index in [1.807, 2.05) is 30.3 Å². The fourth-order valence-corrected chi connectivity index (χ4v) is 3.84. The standard InChI is InChI=1S/C27H25F2N3O3/c28-21-12-10-19(18-22(21)29)11-13-25(33)32-27(14-16-30-17-15-27)26(34)31-23-8-4-5-9-24(23)35-20-6-2-1-3-7-20/h1-13,18,30H,14-17H2,(H,31,34)(H,32,33)/b13-11+. The molecular formula is C27H25F2N3O3. The number of piperidine rings is 1. The van der Waals surface area contributed by atoms with E-state index >= 15 is 0 Å². The Bertz CT molecular complexity index is 1230. The quantitative estimate of drug-likeness (QED) is 0.433. The second-order valence-corrected chi connectivity index (χ2v) is 8.19. The van der Waals surface area contributed by atoms with Crippen molar-refractivity contribution in [3.63, 3.8) is 0 Å². The van der Waals surface area contributed by atoms with Gasteiger partial charge in [0.05, 0.1) is 5.69 Å². The molecule has 0 saturated carbocycles. The molecule has 3 aromatic rings. The number of para-hydroxylation sites is 3. The molecule has 3 aromatic carbocycles. The van der Waals surface area contributed by atoms with E-state index in [-0.39, 0.29) is 5.91 Å². The van der Waals surface area contributed by atoms with Crippen molar-refractivity contribution in [1.82, 2.24) is 10.6 Å². The number of carbonyl (C=O) groups is 2. The van der Waals surface area contributed by atoms with Crippen molar-refractivity contribution < 1.29 is 23.1 Å². The summed E-state index contributed by atoms with van der Waals surface area (Å²) >= 11 is 0. The molecule has 8 heteroatoms. The van der Waals surface area contributed by atoms with E-state index in [1.54, 1.807) is 24.3 Å². The zero-order valence-electron chi connectivity index (χ0n) is 18.9. The summed E-state index contributed by atoms with van der Waals surface area (Å²) in [7, 11) is 0. The lowest BCUT2D eigenvalue weighted by Gasteiger charge is -2.36. The molecule has 1 aliphatic rings. The zero-order valence-corrected chi connectivity index (χ0v) is 18.9. The van der Waals surface area contributed by atoms with E-state index in [0.717, 1.165) is 12.1 Å². The first-order valence-corrected chi connectivity index (χ1v) is 11.2. The van der Waals surface area contributed by atoms with Crippen molar-refractivity contribution in [2.75, 3.05) is 18.4 Å². The SMILES string of the molecule is O=C(/C=C/c1ccc(F)c(F)c1)NC1(C(=O)Nc2ccccc2Oc2ccccc2)CCNCC1. The Kier molecular flexibility index (Phi) is 7.52. The van der Waals surface area contributed by atoms with Crippen LogP contribution in [0.2, 0.25) is 0 Å². The second kappa shape index (κ2) is 10.9. The Balaban J connectivity index is 1.50. The summed E-state index contributed by atoms with van der Waals surface area (Å²) in [5, 5.41) is 8.94. The number of nitrogens with one attached hydrogen (secondary N) is 3. The summed E-state index contributed by atoms with van der Waals surface area (Å²) < 4.78 is 32.5. The summed E-state index contributed by atoms with van der Waals surface area (Å²) in [4.78, 5) is 26.2. The second-order valence-electron chi connectivity index (χ2n) is 8.19. The zero-order chi connectivity index (χ0) is 24.7. The molecule has 4 rings (SSSR count). The maximum Gasteiger partial charge on any atom is 0.250 e. The van der Waals surface area contributed by atoms with E-state index in [2.05, 4.69) is 16.0 Å². The molecule has 3 N–H and O–H groups in total. The summed E-state index contributed by atoms with van der Waals surface area (Å²) in [5.74, 6) is -1.74. The normalized spacial score (nSPS) is 14.9. The highest BCUT2D eigenvalue weighted by Gasteiger charge is 2.41. The van der Waals surface area contributed by atoms with Gasteiger partial charge in [-0.1, -0.05) is 36.4 Å². The molecular weight excluding hydrogens is 452 g/mol. The average Bonchev–Trinajstić information content (AvgIpc) is 2.87. The Morgan fingerprint density at radius 1 is 0.914 bits per heavy atom. The predicted octanol–water partition coefficient (Wildman–Crippen LogP) is 4.65. The maximum atomic E-state index is 13.5. The van der Waals surface area contributed by atoms with E-state index < -0.39 is 23.1 Å². The van der Waals surface area contributed by atoms with Gasteiger partial charge in [-0.3, -0.25) is 9.59 Å². The van der Waals surface area contributed by atoms with Gasteiger partial charge in [0.15, 0.2) is 17.4 Å². The molecule has 0 aliphatic carbocycles. The molecule has 0 spiro atoms. The molecule has 35 heavy (non-hydrogen) atoms. The van der Waals surface area contributed by atoms with Crippen LogP contribution in [0.1, 0.15) is 18.4 Å². The van der Waals surface area contributed by atoms with Gasteiger partial charge in [0.1, 0.15) is 11.3 Å². The molecule has 1 fully saturated rings. The Morgan fingerprint density at radius 3 is 2.37 bits per heavy atom. The summed E-state index contributed by atoms with van der Waals surface area (Å²) in [6, 6.07) is 19.6. The average molecular weight is 478 g/mol. The molecule has 0 radical (unpaired) electrons. The third-order valence-electron chi connectivity index (χ3n) is 5.73. The monoisotopic (exact) mass is 477 g/mol. The van der Waals surface area contributed by atoms with Gasteiger partial charge in [-0.25, -0.2) is 8.78 Å². The van der Waals surface area contributed by atoms with Gasteiger partial charge in [-0.15, -0.1) is 0 Å². The third-order valence-corrected chi connectivity index (χ3v) is 5.73. The van der Waals surface area contributed by atoms with E-state index in [0.29, 0.717) is 48.7 Å². The van der Waals surface area contributed by atoms with Gasteiger partial charge in [-0.2, -0.15) is 0 Å². The molecule has 180 valence electrons. The van der Waals surface area contributed by atoms with E-state index in [9.17, 15) is 18.4 Å². The van der Waals surface area contributed by atoms with Crippen LogP contribution in [0.3, 0.4) is 0 Å². The fraction of sp³-hybridized carbons (Fsp3) is 0.185. The smallest absolute Gasteiger partial charge is 0.250 e. The largest absolute Gasteiger partial charge is 0.455 e. The Labute approximate surface area is 202 Å². The van der Waals surface area contributed by atoms with Gasteiger partial charge >= 0.3 is 0 Å². The lowest BCUT2D eigenvalue weighted by molar-refractivity contribution is -0.129. The highest BCUT2D eigenvalue weighted by Crippen LogP contribution is 2.31. The van der Waals surface area contributed by atoms with E-state index in [4.69, 9.17) is 4.74 Å². The molecule has 1 heterocycles. The molecule has 1 saturated heterocycles.